The van der Waals surface area contributed by atoms with Crippen molar-refractivity contribution in [2.24, 2.45) is 0 Å². The van der Waals surface area contributed by atoms with Crippen LogP contribution in [-0.2, 0) is 0 Å². The lowest BCUT2D eigenvalue weighted by atomic mass is 10.2. The van der Waals surface area contributed by atoms with Crippen LogP contribution in [-0.4, -0.2) is 24.9 Å². The van der Waals surface area contributed by atoms with Crippen LogP contribution in [0.1, 0.15) is 0 Å². The molecule has 4 rings (SSSR count). The molecule has 2 N–H and O–H groups in total. The van der Waals surface area contributed by atoms with Gasteiger partial charge < -0.3 is 10.3 Å². The summed E-state index contributed by atoms with van der Waals surface area (Å²) in [7, 11) is 0. The van der Waals surface area contributed by atoms with Crippen molar-refractivity contribution >= 4 is 56.6 Å². The highest BCUT2D eigenvalue weighted by atomic mass is 35.5. The number of H-pyrrole nitrogens is 1. The van der Waals surface area contributed by atoms with Gasteiger partial charge in [-0.15, -0.1) is 0 Å². The Bertz CT molecular complexity index is 977. The van der Waals surface area contributed by atoms with Gasteiger partial charge in [-0.25, -0.2) is 19.9 Å². The van der Waals surface area contributed by atoms with Gasteiger partial charge in [-0.3, -0.25) is 0 Å². The zero-order valence-electron chi connectivity index (χ0n) is 11.0. The average molecular weight is 331 g/mol. The van der Waals surface area contributed by atoms with E-state index in [0.29, 0.717) is 11.5 Å². The summed E-state index contributed by atoms with van der Waals surface area (Å²) >= 11 is 12.1. The molecule has 0 radical (unpaired) electrons. The van der Waals surface area contributed by atoms with Crippen LogP contribution in [0.15, 0.2) is 36.9 Å². The maximum absolute atomic E-state index is 6.06. The number of fused-ring (bicyclic) bond motifs is 3. The largest absolute Gasteiger partial charge is 0.350 e. The molecule has 0 aliphatic carbocycles. The first kappa shape index (κ1) is 13.2. The quantitative estimate of drug-likeness (QED) is 0.544. The second kappa shape index (κ2) is 5.08. The number of hydrogen-bond donors (Lipinski definition) is 2. The number of para-hydroxylation sites is 1. The summed E-state index contributed by atoms with van der Waals surface area (Å²) in [6, 6.07) is 7.89. The van der Waals surface area contributed by atoms with Gasteiger partial charge in [-0.05, 0) is 6.07 Å². The van der Waals surface area contributed by atoms with E-state index in [4.69, 9.17) is 23.2 Å². The first-order valence-corrected chi connectivity index (χ1v) is 7.14. The van der Waals surface area contributed by atoms with Crippen LogP contribution in [0.3, 0.4) is 0 Å². The van der Waals surface area contributed by atoms with Gasteiger partial charge in [0.2, 0.25) is 0 Å². The van der Waals surface area contributed by atoms with Gasteiger partial charge in [0.25, 0.3) is 0 Å². The van der Waals surface area contributed by atoms with E-state index in [2.05, 4.69) is 30.2 Å². The minimum absolute atomic E-state index is 0.225. The monoisotopic (exact) mass is 330 g/mol. The van der Waals surface area contributed by atoms with Gasteiger partial charge >= 0.3 is 0 Å². The number of hydrogen-bond acceptors (Lipinski definition) is 5. The third kappa shape index (κ3) is 2.04. The number of aromatic nitrogens is 5. The normalized spacial score (nSPS) is 11.2. The van der Waals surface area contributed by atoms with E-state index in [1.54, 1.807) is 0 Å². The number of rotatable bonds is 2. The van der Waals surface area contributed by atoms with Gasteiger partial charge in [-0.1, -0.05) is 41.4 Å². The molecule has 0 spiro atoms. The van der Waals surface area contributed by atoms with Crippen molar-refractivity contribution in [1.29, 1.82) is 0 Å². The van der Waals surface area contributed by atoms with Gasteiger partial charge in [0.15, 0.2) is 16.1 Å². The zero-order valence-corrected chi connectivity index (χ0v) is 12.5. The van der Waals surface area contributed by atoms with E-state index < -0.39 is 0 Å². The third-order valence-electron chi connectivity index (χ3n) is 3.29. The van der Waals surface area contributed by atoms with Crippen molar-refractivity contribution < 1.29 is 0 Å². The Morgan fingerprint density at radius 2 is 1.64 bits per heavy atom. The number of halogens is 2. The summed E-state index contributed by atoms with van der Waals surface area (Å²) < 4.78 is 0. The van der Waals surface area contributed by atoms with E-state index >= 15 is 0 Å². The SMILES string of the molecule is Clc1ncnc(Cl)c1Nc1ncnc2c1[nH]c1ccccc12. The number of aromatic amines is 1. The highest BCUT2D eigenvalue weighted by molar-refractivity contribution is 6.37. The molecule has 0 saturated heterocycles. The lowest BCUT2D eigenvalue weighted by Crippen LogP contribution is -1.99. The molecule has 0 saturated carbocycles. The molecule has 0 amide bonds. The molecule has 0 aliphatic heterocycles. The molecule has 108 valence electrons. The van der Waals surface area contributed by atoms with Crippen molar-refractivity contribution in [3.63, 3.8) is 0 Å². The molecule has 4 aromatic rings. The minimum Gasteiger partial charge on any atom is -0.350 e. The lowest BCUT2D eigenvalue weighted by Gasteiger charge is -2.08. The van der Waals surface area contributed by atoms with Crippen LogP contribution in [0.2, 0.25) is 10.3 Å². The Kier molecular flexibility index (Phi) is 3.06. The van der Waals surface area contributed by atoms with Crippen LogP contribution in [0.4, 0.5) is 11.5 Å². The fourth-order valence-electron chi connectivity index (χ4n) is 2.30. The average Bonchev–Trinajstić information content (AvgIpc) is 2.91. The molecule has 22 heavy (non-hydrogen) atoms. The molecule has 0 bridgehead atoms. The maximum Gasteiger partial charge on any atom is 0.158 e. The van der Waals surface area contributed by atoms with Crippen molar-refractivity contribution in [1.82, 2.24) is 24.9 Å². The van der Waals surface area contributed by atoms with Crippen molar-refractivity contribution in [2.75, 3.05) is 5.32 Å². The Hall–Kier alpha value is -2.44. The highest BCUT2D eigenvalue weighted by Crippen LogP contribution is 2.32. The van der Waals surface area contributed by atoms with Crippen LogP contribution in [0.5, 0.6) is 0 Å². The summed E-state index contributed by atoms with van der Waals surface area (Å²) in [6.07, 6.45) is 2.78. The molecule has 3 heterocycles. The second-order valence-electron chi connectivity index (χ2n) is 4.57. The lowest BCUT2D eigenvalue weighted by molar-refractivity contribution is 1.16. The zero-order chi connectivity index (χ0) is 15.1. The van der Waals surface area contributed by atoms with E-state index in [-0.39, 0.29) is 10.3 Å². The maximum atomic E-state index is 6.06. The Morgan fingerprint density at radius 1 is 0.909 bits per heavy atom. The fourth-order valence-corrected chi connectivity index (χ4v) is 2.71. The van der Waals surface area contributed by atoms with Crippen LogP contribution >= 0.6 is 23.2 Å². The summed E-state index contributed by atoms with van der Waals surface area (Å²) in [5.74, 6) is 0.555. The van der Waals surface area contributed by atoms with Crippen molar-refractivity contribution in [3.05, 3.63) is 47.2 Å². The van der Waals surface area contributed by atoms with Crippen LogP contribution < -0.4 is 5.32 Å². The molecule has 0 fully saturated rings. The molecular formula is C14H8Cl2N6. The van der Waals surface area contributed by atoms with Gasteiger partial charge in [0.05, 0.1) is 0 Å². The predicted octanol–water partition coefficient (Wildman–Crippen LogP) is 3.95. The number of anilines is 2. The van der Waals surface area contributed by atoms with Crippen LogP contribution in [0.25, 0.3) is 21.9 Å². The van der Waals surface area contributed by atoms with Gasteiger partial charge in [0, 0.05) is 10.9 Å². The summed E-state index contributed by atoms with van der Waals surface area (Å²) in [6.45, 7) is 0. The molecule has 6 nitrogen and oxygen atoms in total. The molecular weight excluding hydrogens is 323 g/mol. The number of nitrogens with one attached hydrogen (secondary N) is 2. The first-order chi connectivity index (χ1) is 10.7. The molecule has 0 atom stereocenters. The molecule has 0 aliphatic rings. The topological polar surface area (TPSA) is 79.4 Å². The Labute approximate surface area is 134 Å². The molecule has 8 heteroatoms. The van der Waals surface area contributed by atoms with E-state index in [1.807, 2.05) is 24.3 Å². The van der Waals surface area contributed by atoms with E-state index in [1.165, 1.54) is 12.7 Å². The van der Waals surface area contributed by atoms with E-state index in [0.717, 1.165) is 21.9 Å². The molecule has 1 aromatic carbocycles. The third-order valence-corrected chi connectivity index (χ3v) is 3.86. The summed E-state index contributed by atoms with van der Waals surface area (Å²) in [5, 5.41) is 4.54. The summed E-state index contributed by atoms with van der Waals surface area (Å²) in [5.41, 5.74) is 2.96. The minimum atomic E-state index is 0.225. The molecule has 0 unspecified atom stereocenters. The fraction of sp³-hybridized carbons (Fsp3) is 0. The number of nitrogens with zero attached hydrogens (tertiary/aromatic N) is 4. The van der Waals surface area contributed by atoms with E-state index in [9.17, 15) is 0 Å². The molecule has 3 aromatic heterocycles. The number of benzene rings is 1. The smallest absolute Gasteiger partial charge is 0.158 e. The Balaban J connectivity index is 1.92. The van der Waals surface area contributed by atoms with Gasteiger partial charge in [0.1, 0.15) is 29.4 Å². The first-order valence-electron chi connectivity index (χ1n) is 6.38. The van der Waals surface area contributed by atoms with Crippen molar-refractivity contribution in [2.45, 2.75) is 0 Å². The highest BCUT2D eigenvalue weighted by Gasteiger charge is 2.14. The van der Waals surface area contributed by atoms with Crippen LogP contribution in [0, 0.1) is 0 Å². The Morgan fingerprint density at radius 3 is 2.45 bits per heavy atom. The second-order valence-corrected chi connectivity index (χ2v) is 5.29. The predicted molar refractivity (Wildman–Crippen MR) is 86.7 cm³/mol. The summed E-state index contributed by atoms with van der Waals surface area (Å²) in [4.78, 5) is 19.7. The van der Waals surface area contributed by atoms with Gasteiger partial charge in [-0.2, -0.15) is 0 Å². The van der Waals surface area contributed by atoms with Crippen molar-refractivity contribution in [3.8, 4) is 0 Å². The standard InChI is InChI=1S/C14H8Cl2N6/c15-12-11(13(16)19-6-18-12)22-14-10-9(17-5-20-14)7-3-1-2-4-8(7)21-10/h1-6,21H,(H,17,20,22).